The maximum absolute atomic E-state index is 11.4. The summed E-state index contributed by atoms with van der Waals surface area (Å²) in [7, 11) is 0. The predicted molar refractivity (Wildman–Crippen MR) is 70.1 cm³/mol. The molecule has 106 valence electrons. The first-order valence-corrected chi connectivity index (χ1v) is 6.98. The molecule has 7 nitrogen and oxygen atoms in total. The first kappa shape index (κ1) is 13.1. The summed E-state index contributed by atoms with van der Waals surface area (Å²) in [5.41, 5.74) is 0.771. The van der Waals surface area contributed by atoms with E-state index in [1.807, 2.05) is 0 Å². The molecule has 1 aromatic heterocycles. The minimum absolute atomic E-state index is 0.0398. The number of hydrogen-bond acceptors (Lipinski definition) is 5. The fourth-order valence-electron chi connectivity index (χ4n) is 2.87. The fraction of sp³-hybridized carbons (Fsp3) is 0.417. The number of carboxylic acid groups (broad SMARTS) is 2. The van der Waals surface area contributed by atoms with Crippen LogP contribution < -0.4 is 10.6 Å². The molecule has 0 radical (unpaired) electrons. The number of amides is 1. The second-order valence-corrected chi connectivity index (χ2v) is 5.96. The Labute approximate surface area is 117 Å². The molecule has 0 saturated carbocycles. The van der Waals surface area contributed by atoms with Crippen LogP contribution in [-0.4, -0.2) is 34.1 Å². The largest absolute Gasteiger partial charge is 0.478 e. The summed E-state index contributed by atoms with van der Waals surface area (Å²) < 4.78 is 0. The Morgan fingerprint density at radius 1 is 1.25 bits per heavy atom. The molecule has 3 heterocycles. The van der Waals surface area contributed by atoms with Crippen LogP contribution in [0, 0.1) is 0 Å². The van der Waals surface area contributed by atoms with Crippen molar-refractivity contribution >= 4 is 34.2 Å². The molecule has 2 atom stereocenters. The van der Waals surface area contributed by atoms with E-state index in [1.165, 1.54) is 0 Å². The molecule has 0 spiro atoms. The van der Waals surface area contributed by atoms with Crippen molar-refractivity contribution in [3.8, 4) is 0 Å². The molecule has 0 aliphatic carbocycles. The van der Waals surface area contributed by atoms with Gasteiger partial charge in [0.05, 0.1) is 5.56 Å². The van der Waals surface area contributed by atoms with Gasteiger partial charge in [0, 0.05) is 17.0 Å². The van der Waals surface area contributed by atoms with Crippen molar-refractivity contribution in [3.63, 3.8) is 0 Å². The zero-order valence-electron chi connectivity index (χ0n) is 10.3. The molecule has 4 N–H and O–H groups in total. The first-order chi connectivity index (χ1) is 9.47. The number of carboxylic acids is 2. The number of aromatic carboxylic acids is 1. The summed E-state index contributed by atoms with van der Waals surface area (Å²) in [6.07, 6.45) is 2.54. The van der Waals surface area contributed by atoms with Gasteiger partial charge in [-0.25, -0.2) is 9.59 Å². The number of nitrogens with one attached hydrogen (secondary N) is 2. The van der Waals surface area contributed by atoms with Gasteiger partial charge in [-0.2, -0.15) is 0 Å². The second-order valence-electron chi connectivity index (χ2n) is 4.91. The Balaban J connectivity index is 2.03. The third kappa shape index (κ3) is 1.97. The van der Waals surface area contributed by atoms with E-state index >= 15 is 0 Å². The van der Waals surface area contributed by atoms with Crippen molar-refractivity contribution in [2.45, 2.75) is 31.3 Å². The predicted octanol–water partition coefficient (Wildman–Crippen LogP) is 0.819. The summed E-state index contributed by atoms with van der Waals surface area (Å²) in [5, 5.41) is 23.6. The standard InChI is InChI=1S/C12H12N2O5S/c15-9(12(18)19)14-10-7(11(16)17)5-3-4-1-2-6(13-4)8(5)20-10/h4,6,13H,1-3H2,(H,14,15)(H,16,17)(H,18,19). The Bertz CT molecular complexity index is 624. The summed E-state index contributed by atoms with van der Waals surface area (Å²) in [6, 6.07) is 0.380. The van der Waals surface area contributed by atoms with Gasteiger partial charge in [0.25, 0.3) is 0 Å². The number of carbonyl (C=O) groups is 3. The van der Waals surface area contributed by atoms with Gasteiger partial charge < -0.3 is 20.8 Å². The molecule has 1 fully saturated rings. The zero-order valence-corrected chi connectivity index (χ0v) is 11.1. The van der Waals surface area contributed by atoms with E-state index in [-0.39, 0.29) is 22.6 Å². The van der Waals surface area contributed by atoms with Crippen LogP contribution in [0.25, 0.3) is 0 Å². The van der Waals surface area contributed by atoms with Crippen LogP contribution in [0.2, 0.25) is 0 Å². The van der Waals surface area contributed by atoms with E-state index in [1.54, 1.807) is 0 Å². The van der Waals surface area contributed by atoms with Crippen LogP contribution in [0.4, 0.5) is 5.00 Å². The van der Waals surface area contributed by atoms with Gasteiger partial charge in [-0.1, -0.05) is 0 Å². The summed E-state index contributed by atoms with van der Waals surface area (Å²) in [4.78, 5) is 34.2. The lowest BCUT2D eigenvalue weighted by Gasteiger charge is -2.21. The fourth-order valence-corrected chi connectivity index (χ4v) is 4.18. The summed E-state index contributed by atoms with van der Waals surface area (Å²) in [5.74, 6) is -3.99. The minimum Gasteiger partial charge on any atom is -0.478 e. The number of rotatable bonds is 2. The Kier molecular flexibility index (Phi) is 2.98. The molecule has 1 saturated heterocycles. The van der Waals surface area contributed by atoms with Gasteiger partial charge in [0.1, 0.15) is 5.00 Å². The molecule has 2 unspecified atom stereocenters. The molecule has 2 bridgehead atoms. The molecule has 8 heteroatoms. The normalized spacial score (nSPS) is 23.2. The number of carbonyl (C=O) groups excluding carboxylic acids is 1. The molecule has 1 amide bonds. The topological polar surface area (TPSA) is 116 Å². The molecule has 0 aromatic carbocycles. The first-order valence-electron chi connectivity index (χ1n) is 6.16. The lowest BCUT2D eigenvalue weighted by atomic mass is 9.99. The van der Waals surface area contributed by atoms with E-state index in [0.29, 0.717) is 6.42 Å². The van der Waals surface area contributed by atoms with Crippen LogP contribution in [0.5, 0.6) is 0 Å². The van der Waals surface area contributed by atoms with Crippen LogP contribution in [-0.2, 0) is 16.0 Å². The molecule has 1 aromatic rings. The second kappa shape index (κ2) is 4.57. The molecule has 3 rings (SSSR count). The zero-order chi connectivity index (χ0) is 14.4. The molecular weight excluding hydrogens is 284 g/mol. The van der Waals surface area contributed by atoms with Gasteiger partial charge in [-0.3, -0.25) is 4.79 Å². The van der Waals surface area contributed by atoms with E-state index < -0.39 is 17.8 Å². The lowest BCUT2D eigenvalue weighted by Crippen LogP contribution is -2.31. The van der Waals surface area contributed by atoms with E-state index in [4.69, 9.17) is 5.11 Å². The Hall–Kier alpha value is -1.93. The van der Waals surface area contributed by atoms with Crippen LogP contribution in [0.3, 0.4) is 0 Å². The SMILES string of the molecule is O=C(O)C(=O)Nc1sc2c(c1C(=O)O)CC1CCC2N1. The van der Waals surface area contributed by atoms with Crippen molar-refractivity contribution in [2.24, 2.45) is 0 Å². The highest BCUT2D eigenvalue weighted by Crippen LogP contribution is 2.45. The quantitative estimate of drug-likeness (QED) is 0.600. The highest BCUT2D eigenvalue weighted by atomic mass is 32.1. The van der Waals surface area contributed by atoms with E-state index in [0.717, 1.165) is 34.6 Å². The van der Waals surface area contributed by atoms with Crippen LogP contribution in [0.15, 0.2) is 0 Å². The van der Waals surface area contributed by atoms with Crippen LogP contribution in [0.1, 0.15) is 39.7 Å². The van der Waals surface area contributed by atoms with Crippen molar-refractivity contribution in [2.75, 3.05) is 5.32 Å². The number of aliphatic carboxylic acids is 1. The maximum Gasteiger partial charge on any atom is 0.394 e. The average Bonchev–Trinajstić information content (AvgIpc) is 2.92. The van der Waals surface area contributed by atoms with Crippen molar-refractivity contribution in [3.05, 3.63) is 16.0 Å². The van der Waals surface area contributed by atoms with Crippen molar-refractivity contribution in [1.82, 2.24) is 5.32 Å². The van der Waals surface area contributed by atoms with Crippen molar-refractivity contribution < 1.29 is 24.6 Å². The highest BCUT2D eigenvalue weighted by Gasteiger charge is 2.38. The number of fused-ring (bicyclic) bond motifs is 4. The third-order valence-corrected chi connectivity index (χ3v) is 4.94. The monoisotopic (exact) mass is 296 g/mol. The maximum atomic E-state index is 11.4. The number of thiophene rings is 1. The van der Waals surface area contributed by atoms with Gasteiger partial charge in [-0.05, 0) is 24.8 Å². The Morgan fingerprint density at radius 3 is 2.65 bits per heavy atom. The molecule has 2 aliphatic rings. The van der Waals surface area contributed by atoms with E-state index in [9.17, 15) is 19.5 Å². The van der Waals surface area contributed by atoms with Crippen molar-refractivity contribution in [1.29, 1.82) is 0 Å². The van der Waals surface area contributed by atoms with E-state index in [2.05, 4.69) is 10.6 Å². The Morgan fingerprint density at radius 2 is 2.00 bits per heavy atom. The summed E-state index contributed by atoms with van der Waals surface area (Å²) >= 11 is 1.16. The van der Waals surface area contributed by atoms with Crippen LogP contribution >= 0.6 is 11.3 Å². The van der Waals surface area contributed by atoms with Gasteiger partial charge in [0.15, 0.2) is 0 Å². The van der Waals surface area contributed by atoms with Gasteiger partial charge in [0.2, 0.25) is 0 Å². The third-order valence-electron chi connectivity index (χ3n) is 3.68. The van der Waals surface area contributed by atoms with Gasteiger partial charge in [-0.15, -0.1) is 11.3 Å². The lowest BCUT2D eigenvalue weighted by molar-refractivity contribution is -0.147. The van der Waals surface area contributed by atoms with Gasteiger partial charge >= 0.3 is 17.8 Å². The highest BCUT2D eigenvalue weighted by molar-refractivity contribution is 7.17. The molecule has 20 heavy (non-hydrogen) atoms. The summed E-state index contributed by atoms with van der Waals surface area (Å²) in [6.45, 7) is 0. The smallest absolute Gasteiger partial charge is 0.394 e. The number of anilines is 1. The average molecular weight is 296 g/mol. The molecule has 2 aliphatic heterocycles. The molecular formula is C12H12N2O5S. The minimum atomic E-state index is -1.63. The number of hydrogen-bond donors (Lipinski definition) is 4.